The van der Waals surface area contributed by atoms with Gasteiger partial charge in [-0.25, -0.2) is 9.97 Å². The number of hydrogen-bond acceptors (Lipinski definition) is 6. The first-order chi connectivity index (χ1) is 12.8. The normalized spacial score (nSPS) is 19.0. The first kappa shape index (κ1) is 17.2. The molecular weight excluding hydrogens is 328 g/mol. The van der Waals surface area contributed by atoms with Crippen molar-refractivity contribution in [3.05, 3.63) is 48.3 Å². The van der Waals surface area contributed by atoms with Gasteiger partial charge in [-0.2, -0.15) is 0 Å². The molecule has 26 heavy (non-hydrogen) atoms. The summed E-state index contributed by atoms with van der Waals surface area (Å²) in [5.74, 6) is 1.51. The van der Waals surface area contributed by atoms with Crippen molar-refractivity contribution < 1.29 is 9.47 Å². The molecule has 4 rings (SSSR count). The van der Waals surface area contributed by atoms with E-state index in [4.69, 9.17) is 9.47 Å². The lowest BCUT2D eigenvalue weighted by Gasteiger charge is -2.38. The monoisotopic (exact) mass is 354 g/mol. The van der Waals surface area contributed by atoms with Crippen molar-refractivity contribution in [2.24, 2.45) is 0 Å². The molecule has 1 spiro atoms. The second kappa shape index (κ2) is 8.01. The summed E-state index contributed by atoms with van der Waals surface area (Å²) in [6, 6.07) is 12.6. The molecule has 2 saturated heterocycles. The van der Waals surface area contributed by atoms with Crippen molar-refractivity contribution >= 4 is 11.6 Å². The molecule has 0 unspecified atom stereocenters. The van der Waals surface area contributed by atoms with Crippen LogP contribution in [-0.2, 0) is 15.9 Å². The summed E-state index contributed by atoms with van der Waals surface area (Å²) >= 11 is 0. The maximum absolute atomic E-state index is 5.80. The smallest absolute Gasteiger partial charge is 0.171 e. The molecule has 0 bridgehead atoms. The highest BCUT2D eigenvalue weighted by Crippen LogP contribution is 2.32. The summed E-state index contributed by atoms with van der Waals surface area (Å²) in [5, 5.41) is 3.42. The predicted molar refractivity (Wildman–Crippen MR) is 101 cm³/mol. The summed E-state index contributed by atoms with van der Waals surface area (Å²) in [6.45, 7) is 4.11. The molecule has 2 aliphatic rings. The molecule has 0 radical (unpaired) electrons. The fourth-order valence-electron chi connectivity index (χ4n) is 3.63. The van der Waals surface area contributed by atoms with E-state index in [0.29, 0.717) is 13.2 Å². The second-order valence-electron chi connectivity index (χ2n) is 6.87. The zero-order valence-corrected chi connectivity index (χ0v) is 15.1. The summed E-state index contributed by atoms with van der Waals surface area (Å²) in [5.41, 5.74) is 1.37. The molecule has 2 fully saturated rings. The van der Waals surface area contributed by atoms with Crippen molar-refractivity contribution in [3.63, 3.8) is 0 Å². The molecule has 0 aliphatic carbocycles. The molecule has 6 heteroatoms. The number of nitrogens with one attached hydrogen (secondary N) is 1. The van der Waals surface area contributed by atoms with E-state index in [9.17, 15) is 0 Å². The van der Waals surface area contributed by atoms with Crippen LogP contribution in [0.3, 0.4) is 0 Å². The van der Waals surface area contributed by atoms with Gasteiger partial charge in [0, 0.05) is 38.5 Å². The Labute approximate surface area is 154 Å². The van der Waals surface area contributed by atoms with E-state index in [1.54, 1.807) is 6.33 Å². The largest absolute Gasteiger partial charge is 0.370 e. The molecule has 1 aromatic heterocycles. The Balaban J connectivity index is 1.27. The standard InChI is InChI=1S/C20H26N4O2/c1-2-5-17(6-3-1)7-4-10-21-18-15-19(23-16-22-18)24-11-8-20(9-12-24)25-13-14-26-20/h1-3,5-6,15-16H,4,7-14H2,(H,21,22,23). The summed E-state index contributed by atoms with van der Waals surface area (Å²) in [4.78, 5) is 11.1. The van der Waals surface area contributed by atoms with E-state index in [2.05, 4.69) is 50.5 Å². The minimum atomic E-state index is -0.345. The molecule has 2 aliphatic heterocycles. The molecule has 2 aromatic rings. The number of benzene rings is 1. The zero-order valence-electron chi connectivity index (χ0n) is 15.1. The van der Waals surface area contributed by atoms with Crippen LogP contribution in [0.4, 0.5) is 11.6 Å². The Morgan fingerprint density at radius 2 is 1.81 bits per heavy atom. The Hall–Kier alpha value is -2.18. The highest BCUT2D eigenvalue weighted by Gasteiger charge is 2.40. The molecule has 1 aromatic carbocycles. The van der Waals surface area contributed by atoms with E-state index in [-0.39, 0.29) is 5.79 Å². The summed E-state index contributed by atoms with van der Waals surface area (Å²) in [7, 11) is 0. The molecule has 6 nitrogen and oxygen atoms in total. The summed E-state index contributed by atoms with van der Waals surface area (Å²) < 4.78 is 11.6. The number of ether oxygens (including phenoxy) is 2. The van der Waals surface area contributed by atoms with Crippen molar-refractivity contribution in [3.8, 4) is 0 Å². The number of piperidine rings is 1. The van der Waals surface area contributed by atoms with Gasteiger partial charge < -0.3 is 19.7 Å². The Morgan fingerprint density at radius 1 is 1.04 bits per heavy atom. The topological polar surface area (TPSA) is 59.5 Å². The van der Waals surface area contributed by atoms with Crippen LogP contribution in [0.2, 0.25) is 0 Å². The van der Waals surface area contributed by atoms with Crippen LogP contribution in [-0.4, -0.2) is 48.6 Å². The third-order valence-corrected chi connectivity index (χ3v) is 5.11. The number of aromatic nitrogens is 2. The van der Waals surface area contributed by atoms with Crippen LogP contribution in [0.1, 0.15) is 24.8 Å². The zero-order chi connectivity index (χ0) is 17.7. The minimum absolute atomic E-state index is 0.345. The summed E-state index contributed by atoms with van der Waals surface area (Å²) in [6.07, 6.45) is 5.56. The van der Waals surface area contributed by atoms with Gasteiger partial charge in [-0.05, 0) is 18.4 Å². The molecule has 0 amide bonds. The van der Waals surface area contributed by atoms with E-state index in [0.717, 1.165) is 57.0 Å². The Bertz CT molecular complexity index is 694. The lowest BCUT2D eigenvalue weighted by Crippen LogP contribution is -2.45. The molecule has 3 heterocycles. The fourth-order valence-corrected chi connectivity index (χ4v) is 3.63. The highest BCUT2D eigenvalue weighted by atomic mass is 16.7. The first-order valence-electron chi connectivity index (χ1n) is 9.46. The quantitative estimate of drug-likeness (QED) is 0.805. The Morgan fingerprint density at radius 3 is 2.58 bits per heavy atom. The molecule has 138 valence electrons. The molecule has 0 saturated carbocycles. The fraction of sp³-hybridized carbons (Fsp3) is 0.500. The van der Waals surface area contributed by atoms with Crippen molar-refractivity contribution in [1.82, 2.24) is 9.97 Å². The van der Waals surface area contributed by atoms with Gasteiger partial charge in [-0.3, -0.25) is 0 Å². The minimum Gasteiger partial charge on any atom is -0.370 e. The maximum atomic E-state index is 5.80. The number of hydrogen-bond donors (Lipinski definition) is 1. The third kappa shape index (κ3) is 4.14. The van der Waals surface area contributed by atoms with Crippen LogP contribution in [0.15, 0.2) is 42.7 Å². The van der Waals surface area contributed by atoms with Gasteiger partial charge in [0.1, 0.15) is 18.0 Å². The number of rotatable bonds is 6. The van der Waals surface area contributed by atoms with Crippen molar-refractivity contribution in [2.45, 2.75) is 31.5 Å². The molecular formula is C20H26N4O2. The van der Waals surface area contributed by atoms with E-state index in [1.807, 2.05) is 6.07 Å². The van der Waals surface area contributed by atoms with E-state index in [1.165, 1.54) is 5.56 Å². The van der Waals surface area contributed by atoms with Crippen molar-refractivity contribution in [2.75, 3.05) is 43.1 Å². The highest BCUT2D eigenvalue weighted by molar-refractivity contribution is 5.48. The van der Waals surface area contributed by atoms with Gasteiger partial charge in [0.25, 0.3) is 0 Å². The van der Waals surface area contributed by atoms with Crippen molar-refractivity contribution in [1.29, 1.82) is 0 Å². The van der Waals surface area contributed by atoms with Crippen LogP contribution in [0.25, 0.3) is 0 Å². The number of aryl methyl sites for hydroxylation is 1. The van der Waals surface area contributed by atoms with E-state index < -0.39 is 0 Å². The number of nitrogens with zero attached hydrogens (tertiary/aromatic N) is 3. The molecule has 1 N–H and O–H groups in total. The average Bonchev–Trinajstić information content (AvgIpc) is 3.15. The van der Waals surface area contributed by atoms with Gasteiger partial charge in [-0.1, -0.05) is 30.3 Å². The van der Waals surface area contributed by atoms with Crippen LogP contribution >= 0.6 is 0 Å². The second-order valence-corrected chi connectivity index (χ2v) is 6.87. The first-order valence-corrected chi connectivity index (χ1v) is 9.46. The average molecular weight is 354 g/mol. The molecule has 0 atom stereocenters. The van der Waals surface area contributed by atoms with Gasteiger partial charge in [0.2, 0.25) is 0 Å². The van der Waals surface area contributed by atoms with Crippen LogP contribution < -0.4 is 10.2 Å². The van der Waals surface area contributed by atoms with Gasteiger partial charge in [0.15, 0.2) is 5.79 Å². The van der Waals surface area contributed by atoms with Gasteiger partial charge in [-0.15, -0.1) is 0 Å². The Kier molecular flexibility index (Phi) is 5.32. The van der Waals surface area contributed by atoms with Gasteiger partial charge >= 0.3 is 0 Å². The lowest BCUT2D eigenvalue weighted by atomic mass is 10.0. The van der Waals surface area contributed by atoms with Crippen LogP contribution in [0, 0.1) is 0 Å². The predicted octanol–water partition coefficient (Wildman–Crippen LogP) is 2.86. The lowest BCUT2D eigenvalue weighted by molar-refractivity contribution is -0.169. The van der Waals surface area contributed by atoms with Crippen LogP contribution in [0.5, 0.6) is 0 Å². The van der Waals surface area contributed by atoms with Gasteiger partial charge in [0.05, 0.1) is 13.2 Å². The van der Waals surface area contributed by atoms with E-state index >= 15 is 0 Å². The maximum Gasteiger partial charge on any atom is 0.171 e. The third-order valence-electron chi connectivity index (χ3n) is 5.11. The number of anilines is 2. The SMILES string of the molecule is c1ccc(CCCNc2cc(N3CCC4(CC3)OCCO4)ncn2)cc1.